The van der Waals surface area contributed by atoms with E-state index in [9.17, 15) is 4.79 Å². The van der Waals surface area contributed by atoms with Crippen molar-refractivity contribution in [2.75, 3.05) is 23.9 Å². The molecule has 2 N–H and O–H groups in total. The monoisotopic (exact) mass is 382 g/mol. The molecule has 0 bridgehead atoms. The molecule has 0 unspecified atom stereocenters. The van der Waals surface area contributed by atoms with Crippen LogP contribution in [0, 0.1) is 0 Å². The van der Waals surface area contributed by atoms with Gasteiger partial charge in [-0.1, -0.05) is 12.1 Å². The summed E-state index contributed by atoms with van der Waals surface area (Å²) in [6, 6.07) is 15.3. The molecule has 7 heteroatoms. The maximum Gasteiger partial charge on any atom is 0.227 e. The number of hydrazone groups is 1. The second-order valence-corrected chi connectivity index (χ2v) is 6.60. The van der Waals surface area contributed by atoms with Crippen LogP contribution in [0.15, 0.2) is 53.6 Å². The third-order valence-corrected chi connectivity index (χ3v) is 4.54. The van der Waals surface area contributed by atoms with E-state index < -0.39 is 0 Å². The van der Waals surface area contributed by atoms with Gasteiger partial charge in [0.25, 0.3) is 0 Å². The number of ether oxygens (including phenoxy) is 1. The average Bonchev–Trinajstić information content (AvgIpc) is 3.13. The van der Waals surface area contributed by atoms with Crippen LogP contribution in [0.5, 0.6) is 5.75 Å². The smallest absolute Gasteiger partial charge is 0.227 e. The Morgan fingerprint density at radius 3 is 2.44 bits per heavy atom. The van der Waals surface area contributed by atoms with E-state index in [4.69, 9.17) is 17.0 Å². The van der Waals surface area contributed by atoms with Gasteiger partial charge in [-0.15, -0.1) is 0 Å². The summed E-state index contributed by atoms with van der Waals surface area (Å²) in [5.41, 5.74) is 6.39. The van der Waals surface area contributed by atoms with Crippen molar-refractivity contribution in [3.05, 3.63) is 54.1 Å². The second kappa shape index (κ2) is 8.64. The number of thiocarbonyl (C=S) groups is 1. The highest BCUT2D eigenvalue weighted by Crippen LogP contribution is 2.21. The largest absolute Gasteiger partial charge is 0.497 e. The molecule has 2 aromatic carbocycles. The number of anilines is 2. The molecule has 1 aliphatic rings. The lowest BCUT2D eigenvalue weighted by molar-refractivity contribution is -0.117. The Bertz CT molecular complexity index is 847. The zero-order chi connectivity index (χ0) is 19.2. The lowest BCUT2D eigenvalue weighted by atomic mass is 10.1. The third kappa shape index (κ3) is 4.83. The van der Waals surface area contributed by atoms with Crippen LogP contribution in [0.4, 0.5) is 11.4 Å². The average molecular weight is 382 g/mol. The van der Waals surface area contributed by atoms with Crippen LogP contribution in [0.2, 0.25) is 0 Å². The number of rotatable bonds is 5. The molecular formula is C20H22N4O2S. The summed E-state index contributed by atoms with van der Waals surface area (Å²) in [6.45, 7) is 2.69. The lowest BCUT2D eigenvalue weighted by Crippen LogP contribution is -2.25. The first kappa shape index (κ1) is 18.8. The van der Waals surface area contributed by atoms with Crippen molar-refractivity contribution in [1.82, 2.24) is 5.43 Å². The molecular weight excluding hydrogens is 360 g/mol. The van der Waals surface area contributed by atoms with Crippen molar-refractivity contribution in [3.8, 4) is 5.75 Å². The Kier molecular flexibility index (Phi) is 6.03. The Balaban J connectivity index is 1.57. The molecule has 2 aromatic rings. The number of hydrogen-bond acceptors (Lipinski definition) is 4. The number of methoxy groups -OCH3 is 1. The SMILES string of the molecule is COc1ccc(NC(=S)N/N=C(/C)c2ccc(N3CCCC3=O)cc2)cc1. The van der Waals surface area contributed by atoms with Crippen molar-refractivity contribution in [3.63, 3.8) is 0 Å². The molecule has 1 saturated heterocycles. The van der Waals surface area contributed by atoms with Gasteiger partial charge >= 0.3 is 0 Å². The second-order valence-electron chi connectivity index (χ2n) is 6.19. The molecule has 1 fully saturated rings. The summed E-state index contributed by atoms with van der Waals surface area (Å²) >= 11 is 5.27. The lowest BCUT2D eigenvalue weighted by Gasteiger charge is -2.16. The summed E-state index contributed by atoms with van der Waals surface area (Å²) in [7, 11) is 1.63. The molecule has 3 rings (SSSR count). The number of benzene rings is 2. The molecule has 0 spiro atoms. The van der Waals surface area contributed by atoms with Crippen LogP contribution in [0.3, 0.4) is 0 Å². The van der Waals surface area contributed by atoms with E-state index in [-0.39, 0.29) is 5.91 Å². The minimum Gasteiger partial charge on any atom is -0.497 e. The van der Waals surface area contributed by atoms with E-state index >= 15 is 0 Å². The Hall–Kier alpha value is -2.93. The van der Waals surface area contributed by atoms with Gasteiger partial charge in [0.05, 0.1) is 12.8 Å². The normalized spacial score (nSPS) is 14.2. The van der Waals surface area contributed by atoms with Gasteiger partial charge in [0.1, 0.15) is 5.75 Å². The van der Waals surface area contributed by atoms with E-state index in [1.807, 2.05) is 60.4 Å². The quantitative estimate of drug-likeness (QED) is 0.470. The molecule has 1 aliphatic heterocycles. The highest BCUT2D eigenvalue weighted by Gasteiger charge is 2.21. The standard InChI is InChI=1S/C20H22N4O2S/c1-14(15-5-9-17(10-6-15)24-13-3-4-19(24)25)22-23-20(27)21-16-7-11-18(26-2)12-8-16/h5-12H,3-4,13H2,1-2H3,(H2,21,23,27)/b22-14-. The fourth-order valence-electron chi connectivity index (χ4n) is 2.84. The maximum absolute atomic E-state index is 11.8. The molecule has 0 atom stereocenters. The van der Waals surface area contributed by atoms with Crippen molar-refractivity contribution in [1.29, 1.82) is 0 Å². The zero-order valence-electron chi connectivity index (χ0n) is 15.4. The molecule has 0 saturated carbocycles. The number of carbonyl (C=O) groups excluding carboxylic acids is 1. The summed E-state index contributed by atoms with van der Waals surface area (Å²) in [5.74, 6) is 0.970. The van der Waals surface area contributed by atoms with Gasteiger partial charge < -0.3 is 15.0 Å². The van der Waals surface area contributed by atoms with Gasteiger partial charge in [-0.2, -0.15) is 5.10 Å². The first-order valence-electron chi connectivity index (χ1n) is 8.73. The highest BCUT2D eigenvalue weighted by atomic mass is 32.1. The van der Waals surface area contributed by atoms with Crippen molar-refractivity contribution in [2.45, 2.75) is 19.8 Å². The Labute approximate surface area is 164 Å². The molecule has 0 aromatic heterocycles. The van der Waals surface area contributed by atoms with Crippen LogP contribution in [-0.2, 0) is 4.79 Å². The number of carbonyl (C=O) groups is 1. The van der Waals surface area contributed by atoms with Gasteiger partial charge in [-0.3, -0.25) is 10.2 Å². The summed E-state index contributed by atoms with van der Waals surface area (Å²) < 4.78 is 5.13. The molecule has 6 nitrogen and oxygen atoms in total. The molecule has 140 valence electrons. The van der Waals surface area contributed by atoms with Gasteiger partial charge in [0, 0.05) is 24.3 Å². The first-order chi connectivity index (χ1) is 13.1. The van der Waals surface area contributed by atoms with E-state index in [2.05, 4.69) is 15.8 Å². The fourth-order valence-corrected chi connectivity index (χ4v) is 3.00. The topological polar surface area (TPSA) is 66.0 Å². The van der Waals surface area contributed by atoms with Crippen molar-refractivity contribution in [2.24, 2.45) is 5.10 Å². The van der Waals surface area contributed by atoms with E-state index in [1.165, 1.54) is 0 Å². The van der Waals surface area contributed by atoms with E-state index in [1.54, 1.807) is 7.11 Å². The van der Waals surface area contributed by atoms with Gasteiger partial charge in [-0.05, 0) is 67.5 Å². The Morgan fingerprint density at radius 1 is 1.15 bits per heavy atom. The van der Waals surface area contributed by atoms with E-state index in [0.717, 1.165) is 41.4 Å². The van der Waals surface area contributed by atoms with Crippen LogP contribution < -0.4 is 20.4 Å². The van der Waals surface area contributed by atoms with Gasteiger partial charge in [0.15, 0.2) is 5.11 Å². The molecule has 1 amide bonds. The van der Waals surface area contributed by atoms with Crippen LogP contribution in [-0.4, -0.2) is 30.4 Å². The first-order valence-corrected chi connectivity index (χ1v) is 9.14. The van der Waals surface area contributed by atoms with Crippen LogP contribution >= 0.6 is 12.2 Å². The number of nitrogens with one attached hydrogen (secondary N) is 2. The predicted molar refractivity (Wildman–Crippen MR) is 113 cm³/mol. The third-order valence-electron chi connectivity index (χ3n) is 4.34. The van der Waals surface area contributed by atoms with Crippen LogP contribution in [0.25, 0.3) is 0 Å². The minimum atomic E-state index is 0.185. The summed E-state index contributed by atoms with van der Waals surface area (Å²) in [5, 5.41) is 7.79. The molecule has 0 radical (unpaired) electrons. The fraction of sp³-hybridized carbons (Fsp3) is 0.250. The van der Waals surface area contributed by atoms with Gasteiger partial charge in [-0.25, -0.2) is 0 Å². The Morgan fingerprint density at radius 2 is 1.85 bits per heavy atom. The summed E-state index contributed by atoms with van der Waals surface area (Å²) in [4.78, 5) is 13.6. The number of amides is 1. The number of nitrogens with zero attached hydrogens (tertiary/aromatic N) is 2. The summed E-state index contributed by atoms with van der Waals surface area (Å²) in [6.07, 6.45) is 1.55. The highest BCUT2D eigenvalue weighted by molar-refractivity contribution is 7.80. The minimum absolute atomic E-state index is 0.185. The van der Waals surface area contributed by atoms with Gasteiger partial charge in [0.2, 0.25) is 5.91 Å². The van der Waals surface area contributed by atoms with Crippen LogP contribution in [0.1, 0.15) is 25.3 Å². The molecule has 0 aliphatic carbocycles. The zero-order valence-corrected chi connectivity index (χ0v) is 16.2. The predicted octanol–water partition coefficient (Wildman–Crippen LogP) is 3.53. The van der Waals surface area contributed by atoms with E-state index in [0.29, 0.717) is 11.5 Å². The van der Waals surface area contributed by atoms with Crippen molar-refractivity contribution < 1.29 is 9.53 Å². The molecule has 1 heterocycles. The molecule has 27 heavy (non-hydrogen) atoms. The van der Waals surface area contributed by atoms with Crippen molar-refractivity contribution >= 4 is 40.3 Å². The number of hydrogen-bond donors (Lipinski definition) is 2. The maximum atomic E-state index is 11.8.